The molecule has 106 valence electrons. The molecule has 2 nitrogen and oxygen atoms in total. The van der Waals surface area contributed by atoms with Gasteiger partial charge in [-0.05, 0) is 37.6 Å². The second-order valence-corrected chi connectivity index (χ2v) is 8.00. The topological polar surface area (TPSA) is 21.3 Å². The van der Waals surface area contributed by atoms with Crippen LogP contribution in [0.4, 0.5) is 0 Å². The summed E-state index contributed by atoms with van der Waals surface area (Å²) in [6, 6.07) is 8.96. The predicted octanol–water partition coefficient (Wildman–Crippen LogP) is 4.02. The summed E-state index contributed by atoms with van der Waals surface area (Å²) in [5.41, 5.74) is 1.34. The van der Waals surface area contributed by atoms with Gasteiger partial charge in [-0.15, -0.1) is 0 Å². The van der Waals surface area contributed by atoms with Crippen LogP contribution in [-0.4, -0.2) is 23.7 Å². The Balaban J connectivity index is 1.93. The number of thioether (sulfide) groups is 1. The third kappa shape index (κ3) is 5.07. The van der Waals surface area contributed by atoms with Gasteiger partial charge in [0, 0.05) is 16.5 Å². The predicted molar refractivity (Wildman–Crippen MR) is 84.1 cm³/mol. The average molecular weight is 279 g/mol. The van der Waals surface area contributed by atoms with Crippen LogP contribution in [0.5, 0.6) is 5.75 Å². The molecule has 1 N–H and O–H groups in total. The van der Waals surface area contributed by atoms with Crippen LogP contribution in [-0.2, 0) is 0 Å². The second kappa shape index (κ2) is 6.19. The van der Waals surface area contributed by atoms with Crippen LogP contribution in [0.1, 0.15) is 45.2 Å². The van der Waals surface area contributed by atoms with Gasteiger partial charge in [0.05, 0.1) is 6.10 Å². The average Bonchev–Trinajstić information content (AvgIpc) is 3.14. The van der Waals surface area contributed by atoms with E-state index in [0.717, 1.165) is 11.5 Å². The van der Waals surface area contributed by atoms with Gasteiger partial charge in [-0.3, -0.25) is 0 Å². The first kappa shape index (κ1) is 14.7. The highest BCUT2D eigenvalue weighted by Gasteiger charge is 2.23. The molecule has 0 aliphatic heterocycles. The lowest BCUT2D eigenvalue weighted by Crippen LogP contribution is -2.21. The SMILES string of the molecule is CNC(CSC(C)(C)C)c1ccc(OC2CC2)cc1. The van der Waals surface area contributed by atoms with Crippen LogP contribution in [0.25, 0.3) is 0 Å². The van der Waals surface area contributed by atoms with Crippen molar-refractivity contribution < 1.29 is 4.74 Å². The minimum absolute atomic E-state index is 0.310. The fourth-order valence-corrected chi connectivity index (χ4v) is 2.86. The monoisotopic (exact) mass is 279 g/mol. The van der Waals surface area contributed by atoms with Gasteiger partial charge in [0.1, 0.15) is 5.75 Å². The molecule has 1 atom stereocenters. The standard InChI is InChI=1S/C16H25NOS/c1-16(2,3)19-11-15(17-4)12-5-7-13(8-6-12)18-14-9-10-14/h5-8,14-15,17H,9-11H2,1-4H3. The smallest absolute Gasteiger partial charge is 0.119 e. The normalized spacial score (nSPS) is 17.3. The Labute approximate surface area is 121 Å². The maximum Gasteiger partial charge on any atom is 0.119 e. The Morgan fingerprint density at radius 3 is 2.37 bits per heavy atom. The molecule has 0 heterocycles. The minimum Gasteiger partial charge on any atom is -0.490 e. The molecule has 1 saturated carbocycles. The Morgan fingerprint density at radius 1 is 1.26 bits per heavy atom. The number of hydrogen-bond donors (Lipinski definition) is 1. The Morgan fingerprint density at radius 2 is 1.89 bits per heavy atom. The number of benzene rings is 1. The molecule has 1 aliphatic carbocycles. The summed E-state index contributed by atoms with van der Waals surface area (Å²) in [7, 11) is 2.03. The summed E-state index contributed by atoms with van der Waals surface area (Å²) in [5.74, 6) is 2.09. The van der Waals surface area contributed by atoms with E-state index in [0.29, 0.717) is 16.9 Å². The Kier molecular flexibility index (Phi) is 4.80. The molecule has 1 aromatic carbocycles. The molecule has 1 fully saturated rings. The third-order valence-electron chi connectivity index (χ3n) is 3.14. The van der Waals surface area contributed by atoms with Crippen LogP contribution < -0.4 is 10.1 Å². The molecule has 2 rings (SSSR count). The van der Waals surface area contributed by atoms with Crippen molar-refractivity contribution in [3.63, 3.8) is 0 Å². The van der Waals surface area contributed by atoms with Crippen LogP contribution in [0, 0.1) is 0 Å². The summed E-state index contributed by atoms with van der Waals surface area (Å²) in [6.07, 6.45) is 2.90. The zero-order chi connectivity index (χ0) is 13.9. The van der Waals surface area contributed by atoms with E-state index in [9.17, 15) is 0 Å². The number of ether oxygens (including phenoxy) is 1. The van der Waals surface area contributed by atoms with Crippen LogP contribution >= 0.6 is 11.8 Å². The molecule has 1 aromatic rings. The third-order valence-corrected chi connectivity index (χ3v) is 4.51. The van der Waals surface area contributed by atoms with Crippen molar-refractivity contribution in [2.24, 2.45) is 0 Å². The highest BCUT2D eigenvalue weighted by atomic mass is 32.2. The van der Waals surface area contributed by atoms with Crippen molar-refractivity contribution in [1.82, 2.24) is 5.32 Å². The van der Waals surface area contributed by atoms with E-state index in [1.165, 1.54) is 18.4 Å². The minimum atomic E-state index is 0.310. The van der Waals surface area contributed by atoms with Crippen LogP contribution in [0.15, 0.2) is 24.3 Å². The number of hydrogen-bond acceptors (Lipinski definition) is 3. The number of nitrogens with one attached hydrogen (secondary N) is 1. The highest BCUT2D eigenvalue weighted by Crippen LogP contribution is 2.30. The van der Waals surface area contributed by atoms with Gasteiger partial charge in [0.2, 0.25) is 0 Å². The summed E-state index contributed by atoms with van der Waals surface area (Å²) in [4.78, 5) is 0. The van der Waals surface area contributed by atoms with Gasteiger partial charge < -0.3 is 10.1 Å². The summed E-state index contributed by atoms with van der Waals surface area (Å²) < 4.78 is 6.09. The number of rotatable bonds is 6. The van der Waals surface area contributed by atoms with E-state index in [-0.39, 0.29) is 0 Å². The molecule has 0 radical (unpaired) electrons. The molecular weight excluding hydrogens is 254 g/mol. The molecule has 1 unspecified atom stereocenters. The van der Waals surface area contributed by atoms with E-state index in [1.807, 2.05) is 18.8 Å². The van der Waals surface area contributed by atoms with Crippen LogP contribution in [0.3, 0.4) is 0 Å². The Hall–Kier alpha value is -0.670. The van der Waals surface area contributed by atoms with Gasteiger partial charge in [-0.2, -0.15) is 11.8 Å². The van der Waals surface area contributed by atoms with Crippen molar-refractivity contribution in [2.45, 2.75) is 50.5 Å². The lowest BCUT2D eigenvalue weighted by molar-refractivity contribution is 0.303. The van der Waals surface area contributed by atoms with Crippen molar-refractivity contribution in [3.05, 3.63) is 29.8 Å². The second-order valence-electron chi connectivity index (χ2n) is 6.15. The van der Waals surface area contributed by atoms with Crippen LogP contribution in [0.2, 0.25) is 0 Å². The van der Waals surface area contributed by atoms with E-state index in [4.69, 9.17) is 4.74 Å². The maximum absolute atomic E-state index is 5.78. The molecule has 0 spiro atoms. The zero-order valence-corrected chi connectivity index (χ0v) is 13.2. The van der Waals surface area contributed by atoms with Gasteiger partial charge in [0.25, 0.3) is 0 Å². The molecule has 1 aliphatic rings. The summed E-state index contributed by atoms with van der Waals surface area (Å²) >= 11 is 1.99. The molecule has 19 heavy (non-hydrogen) atoms. The van der Waals surface area contributed by atoms with E-state index < -0.39 is 0 Å². The molecular formula is C16H25NOS. The van der Waals surface area contributed by atoms with Gasteiger partial charge in [-0.25, -0.2) is 0 Å². The largest absolute Gasteiger partial charge is 0.490 e. The molecule has 0 saturated heterocycles. The molecule has 0 amide bonds. The van der Waals surface area contributed by atoms with Gasteiger partial charge in [-0.1, -0.05) is 32.9 Å². The van der Waals surface area contributed by atoms with Crippen molar-refractivity contribution in [1.29, 1.82) is 0 Å². The van der Waals surface area contributed by atoms with Gasteiger partial charge >= 0.3 is 0 Å². The van der Waals surface area contributed by atoms with E-state index in [1.54, 1.807) is 0 Å². The first-order valence-electron chi connectivity index (χ1n) is 7.06. The fourth-order valence-electron chi connectivity index (χ4n) is 1.84. The maximum atomic E-state index is 5.78. The van der Waals surface area contributed by atoms with E-state index >= 15 is 0 Å². The van der Waals surface area contributed by atoms with Crippen molar-refractivity contribution in [2.75, 3.05) is 12.8 Å². The Bertz CT molecular complexity index is 392. The van der Waals surface area contributed by atoms with Crippen molar-refractivity contribution >= 4 is 11.8 Å². The summed E-state index contributed by atoms with van der Waals surface area (Å²) in [5, 5.41) is 3.40. The molecule has 0 bridgehead atoms. The quantitative estimate of drug-likeness (QED) is 0.850. The lowest BCUT2D eigenvalue weighted by atomic mass is 10.1. The summed E-state index contributed by atoms with van der Waals surface area (Å²) in [6.45, 7) is 6.78. The first-order valence-corrected chi connectivity index (χ1v) is 8.04. The van der Waals surface area contributed by atoms with E-state index in [2.05, 4.69) is 50.4 Å². The highest BCUT2D eigenvalue weighted by molar-refractivity contribution is 8.00. The fraction of sp³-hybridized carbons (Fsp3) is 0.625. The molecule has 0 aromatic heterocycles. The van der Waals surface area contributed by atoms with Gasteiger partial charge in [0.15, 0.2) is 0 Å². The molecule has 3 heteroatoms. The first-order chi connectivity index (χ1) is 8.98. The zero-order valence-electron chi connectivity index (χ0n) is 12.4. The lowest BCUT2D eigenvalue weighted by Gasteiger charge is -2.23. The van der Waals surface area contributed by atoms with Crippen molar-refractivity contribution in [3.8, 4) is 5.75 Å².